The van der Waals surface area contributed by atoms with Crippen molar-refractivity contribution in [1.29, 1.82) is 0 Å². The van der Waals surface area contributed by atoms with Gasteiger partial charge in [-0.15, -0.1) is 0 Å². The van der Waals surface area contributed by atoms with Crippen LogP contribution in [0.3, 0.4) is 0 Å². The van der Waals surface area contributed by atoms with Gasteiger partial charge in [0.2, 0.25) is 10.0 Å². The van der Waals surface area contributed by atoms with Gasteiger partial charge >= 0.3 is 0 Å². The maximum atomic E-state index is 12.1. The lowest BCUT2D eigenvalue weighted by molar-refractivity contribution is 0.0554. The number of benzene rings is 1. The minimum Gasteiger partial charge on any atom is -0.399 e. The van der Waals surface area contributed by atoms with Crippen LogP contribution in [0.15, 0.2) is 23.1 Å². The lowest BCUT2D eigenvalue weighted by Gasteiger charge is -2.23. The predicted octanol–water partition coefficient (Wildman–Crippen LogP) is 1.75. The molecule has 0 amide bonds. The van der Waals surface area contributed by atoms with Crippen LogP contribution in [-0.4, -0.2) is 25.7 Å². The zero-order valence-corrected chi connectivity index (χ0v) is 12.6. The minimum atomic E-state index is -3.79. The fourth-order valence-corrected chi connectivity index (χ4v) is 3.38. The average Bonchev–Trinajstić information content (AvgIpc) is 2.30. The highest BCUT2D eigenvalue weighted by molar-refractivity contribution is 7.89. The number of nitrogens with one attached hydrogen (secondary N) is 1. The molecule has 1 unspecified atom stereocenters. The van der Waals surface area contributed by atoms with Gasteiger partial charge in [0.05, 0.1) is 10.6 Å². The molecule has 0 saturated heterocycles. The summed E-state index contributed by atoms with van der Waals surface area (Å²) >= 11 is 5.85. The van der Waals surface area contributed by atoms with Crippen LogP contribution in [-0.2, 0) is 10.0 Å². The van der Waals surface area contributed by atoms with Gasteiger partial charge in [-0.2, -0.15) is 0 Å². The molecule has 1 atom stereocenters. The molecule has 1 aromatic carbocycles. The number of anilines is 1. The van der Waals surface area contributed by atoms with Gasteiger partial charge in [-0.05, 0) is 31.5 Å². The first kappa shape index (κ1) is 16.2. The number of rotatable bonds is 6. The largest absolute Gasteiger partial charge is 0.399 e. The molecule has 0 aliphatic carbocycles. The number of hydrogen-bond donors (Lipinski definition) is 3. The fourth-order valence-electron chi connectivity index (χ4n) is 1.68. The summed E-state index contributed by atoms with van der Waals surface area (Å²) < 4.78 is 26.5. The van der Waals surface area contributed by atoms with E-state index in [-0.39, 0.29) is 16.5 Å². The minimum absolute atomic E-state index is 0.0751. The van der Waals surface area contributed by atoms with Crippen LogP contribution in [0.5, 0.6) is 0 Å². The number of nitrogens with two attached hydrogens (primary N) is 1. The zero-order chi connectivity index (χ0) is 14.7. The van der Waals surface area contributed by atoms with E-state index in [2.05, 4.69) is 4.72 Å². The van der Waals surface area contributed by atoms with Gasteiger partial charge in [0.1, 0.15) is 4.90 Å². The standard InChI is InChI=1S/C12H19ClN2O3S/c1-3-6-12(2,16)8-15-19(17,18)11-7-9(14)4-5-10(11)13/h4-5,7,15-16H,3,6,8,14H2,1-2H3. The molecular weight excluding hydrogens is 288 g/mol. The molecule has 5 nitrogen and oxygen atoms in total. The molecule has 0 fully saturated rings. The van der Waals surface area contributed by atoms with E-state index < -0.39 is 15.6 Å². The molecule has 0 aromatic heterocycles. The summed E-state index contributed by atoms with van der Waals surface area (Å²) in [6.45, 7) is 3.42. The Kier molecular flexibility index (Phi) is 5.20. The molecule has 0 heterocycles. The van der Waals surface area contributed by atoms with Crippen molar-refractivity contribution in [2.75, 3.05) is 12.3 Å². The van der Waals surface area contributed by atoms with Crippen LogP contribution in [0.2, 0.25) is 5.02 Å². The molecule has 19 heavy (non-hydrogen) atoms. The number of hydrogen-bond acceptors (Lipinski definition) is 4. The average molecular weight is 307 g/mol. The van der Waals surface area contributed by atoms with Crippen LogP contribution in [0.4, 0.5) is 5.69 Å². The molecule has 1 rings (SSSR count). The van der Waals surface area contributed by atoms with Crippen molar-refractivity contribution in [2.24, 2.45) is 0 Å². The van der Waals surface area contributed by atoms with Crippen molar-refractivity contribution in [3.8, 4) is 0 Å². The fraction of sp³-hybridized carbons (Fsp3) is 0.500. The topological polar surface area (TPSA) is 92.4 Å². The first-order chi connectivity index (χ1) is 8.68. The molecule has 0 aliphatic heterocycles. The maximum Gasteiger partial charge on any atom is 0.242 e. The van der Waals surface area contributed by atoms with Crippen molar-refractivity contribution in [3.05, 3.63) is 23.2 Å². The third-order valence-electron chi connectivity index (χ3n) is 2.68. The Balaban J connectivity index is 2.90. The maximum absolute atomic E-state index is 12.1. The molecular formula is C12H19ClN2O3S. The van der Waals surface area contributed by atoms with Crippen molar-refractivity contribution in [1.82, 2.24) is 4.72 Å². The summed E-state index contributed by atoms with van der Waals surface area (Å²) in [5.41, 5.74) is 4.78. The molecule has 7 heteroatoms. The molecule has 4 N–H and O–H groups in total. The van der Waals surface area contributed by atoms with Gasteiger partial charge < -0.3 is 10.8 Å². The van der Waals surface area contributed by atoms with E-state index in [9.17, 15) is 13.5 Å². The van der Waals surface area contributed by atoms with Crippen LogP contribution < -0.4 is 10.5 Å². The second-order valence-corrected chi connectivity index (χ2v) is 6.90. The van der Waals surface area contributed by atoms with Crippen LogP contribution in [0.25, 0.3) is 0 Å². The Labute approximate surface area is 118 Å². The second-order valence-electron chi connectivity index (χ2n) is 4.76. The first-order valence-corrected chi connectivity index (χ1v) is 7.81. The lowest BCUT2D eigenvalue weighted by atomic mass is 10.0. The zero-order valence-electron chi connectivity index (χ0n) is 11.0. The normalized spacial score (nSPS) is 15.2. The molecule has 0 bridgehead atoms. The summed E-state index contributed by atoms with van der Waals surface area (Å²) in [7, 11) is -3.79. The highest BCUT2D eigenvalue weighted by Crippen LogP contribution is 2.24. The summed E-state index contributed by atoms with van der Waals surface area (Å²) in [4.78, 5) is -0.0820. The Morgan fingerprint density at radius 3 is 2.68 bits per heavy atom. The Bertz CT molecular complexity index is 544. The highest BCUT2D eigenvalue weighted by Gasteiger charge is 2.24. The predicted molar refractivity (Wildman–Crippen MR) is 76.6 cm³/mol. The summed E-state index contributed by atoms with van der Waals surface area (Å²) in [6.07, 6.45) is 1.26. The Morgan fingerprint density at radius 2 is 2.11 bits per heavy atom. The van der Waals surface area contributed by atoms with Crippen molar-refractivity contribution < 1.29 is 13.5 Å². The van der Waals surface area contributed by atoms with Crippen LogP contribution in [0, 0.1) is 0 Å². The van der Waals surface area contributed by atoms with Crippen molar-refractivity contribution in [2.45, 2.75) is 37.2 Å². The lowest BCUT2D eigenvalue weighted by Crippen LogP contribution is -2.40. The smallest absolute Gasteiger partial charge is 0.242 e. The number of sulfonamides is 1. The Hall–Kier alpha value is -0.820. The third kappa shape index (κ3) is 4.65. The van der Waals surface area contributed by atoms with E-state index in [1.807, 2.05) is 6.92 Å². The van der Waals surface area contributed by atoms with E-state index in [0.717, 1.165) is 6.42 Å². The summed E-state index contributed by atoms with van der Waals surface area (Å²) in [6, 6.07) is 4.24. The van der Waals surface area contributed by atoms with Gasteiger partial charge in [-0.3, -0.25) is 0 Å². The van der Waals surface area contributed by atoms with E-state index in [0.29, 0.717) is 12.1 Å². The number of halogens is 1. The van der Waals surface area contributed by atoms with Gasteiger partial charge in [0.25, 0.3) is 0 Å². The molecule has 0 spiro atoms. The molecule has 0 aliphatic rings. The van der Waals surface area contributed by atoms with E-state index in [1.165, 1.54) is 18.2 Å². The number of aliphatic hydroxyl groups is 1. The van der Waals surface area contributed by atoms with Gasteiger partial charge in [-0.1, -0.05) is 24.9 Å². The van der Waals surface area contributed by atoms with E-state index >= 15 is 0 Å². The third-order valence-corrected chi connectivity index (χ3v) is 4.56. The first-order valence-electron chi connectivity index (χ1n) is 5.95. The second kappa shape index (κ2) is 6.09. The van der Waals surface area contributed by atoms with E-state index in [1.54, 1.807) is 6.92 Å². The van der Waals surface area contributed by atoms with E-state index in [4.69, 9.17) is 17.3 Å². The summed E-state index contributed by atoms with van der Waals surface area (Å²) in [5.74, 6) is 0. The van der Waals surface area contributed by atoms with Crippen molar-refractivity contribution >= 4 is 27.3 Å². The molecule has 1 aromatic rings. The molecule has 0 saturated carbocycles. The van der Waals surface area contributed by atoms with Gasteiger partial charge in [0, 0.05) is 12.2 Å². The highest BCUT2D eigenvalue weighted by atomic mass is 35.5. The monoisotopic (exact) mass is 306 g/mol. The quantitative estimate of drug-likeness (QED) is 0.698. The van der Waals surface area contributed by atoms with Crippen molar-refractivity contribution in [3.63, 3.8) is 0 Å². The number of nitrogen functional groups attached to an aromatic ring is 1. The Morgan fingerprint density at radius 1 is 1.47 bits per heavy atom. The summed E-state index contributed by atoms with van der Waals surface area (Å²) in [5, 5.41) is 10.1. The molecule has 0 radical (unpaired) electrons. The van der Waals surface area contributed by atoms with Gasteiger partial charge in [-0.25, -0.2) is 13.1 Å². The van der Waals surface area contributed by atoms with Crippen LogP contribution in [0.1, 0.15) is 26.7 Å². The van der Waals surface area contributed by atoms with Crippen LogP contribution >= 0.6 is 11.6 Å². The SMILES string of the molecule is CCCC(C)(O)CNS(=O)(=O)c1cc(N)ccc1Cl. The molecule has 108 valence electrons. The van der Waals surface area contributed by atoms with Gasteiger partial charge in [0.15, 0.2) is 0 Å².